The number of benzene rings is 2. The lowest BCUT2D eigenvalue weighted by Gasteiger charge is -2.24. The summed E-state index contributed by atoms with van der Waals surface area (Å²) in [7, 11) is 0. The van der Waals surface area contributed by atoms with Gasteiger partial charge in [-0.3, -0.25) is 14.5 Å². The largest absolute Gasteiger partial charge is 0.450 e. The van der Waals surface area contributed by atoms with Crippen molar-refractivity contribution in [2.75, 3.05) is 4.90 Å². The molecular formula is C24H17FN2O3. The van der Waals surface area contributed by atoms with Gasteiger partial charge >= 0.3 is 0 Å². The third kappa shape index (κ3) is 2.72. The monoisotopic (exact) mass is 400 g/mol. The first kappa shape index (κ1) is 18.2. The number of pyridine rings is 1. The van der Waals surface area contributed by atoms with Crippen molar-refractivity contribution >= 4 is 22.7 Å². The minimum absolute atomic E-state index is 0.00557. The van der Waals surface area contributed by atoms with Crippen LogP contribution in [0.3, 0.4) is 0 Å². The van der Waals surface area contributed by atoms with Gasteiger partial charge in [0.25, 0.3) is 5.91 Å². The molecule has 0 spiro atoms. The predicted octanol–water partition coefficient (Wildman–Crippen LogP) is 4.69. The van der Waals surface area contributed by atoms with Gasteiger partial charge in [-0.2, -0.15) is 0 Å². The molecule has 1 aliphatic heterocycles. The molecule has 0 saturated heterocycles. The number of rotatable bonds is 2. The van der Waals surface area contributed by atoms with Crippen LogP contribution in [0.5, 0.6) is 0 Å². The summed E-state index contributed by atoms with van der Waals surface area (Å²) in [6.07, 6.45) is 0. The van der Waals surface area contributed by atoms with Crippen LogP contribution in [0.2, 0.25) is 0 Å². The van der Waals surface area contributed by atoms with E-state index in [4.69, 9.17) is 4.42 Å². The highest BCUT2D eigenvalue weighted by Crippen LogP contribution is 2.40. The molecule has 0 saturated carbocycles. The average Bonchev–Trinajstić information content (AvgIpc) is 3.02. The van der Waals surface area contributed by atoms with Crippen molar-refractivity contribution in [3.63, 3.8) is 0 Å². The highest BCUT2D eigenvalue weighted by molar-refractivity contribution is 6.10. The van der Waals surface area contributed by atoms with Crippen LogP contribution in [0.15, 0.2) is 69.9 Å². The Morgan fingerprint density at radius 3 is 2.50 bits per heavy atom. The molecule has 3 heterocycles. The van der Waals surface area contributed by atoms with Crippen molar-refractivity contribution < 1.29 is 13.6 Å². The number of nitrogens with zero attached hydrogens (tertiary/aromatic N) is 2. The maximum Gasteiger partial charge on any atom is 0.296 e. The number of fused-ring (bicyclic) bond motifs is 2. The maximum atomic E-state index is 13.6. The zero-order chi connectivity index (χ0) is 21.0. The summed E-state index contributed by atoms with van der Waals surface area (Å²) in [5, 5.41) is 0.410. The Bertz CT molecular complexity index is 1380. The summed E-state index contributed by atoms with van der Waals surface area (Å²) in [4.78, 5) is 32.8. The van der Waals surface area contributed by atoms with Crippen molar-refractivity contribution in [3.05, 3.63) is 105 Å². The van der Waals surface area contributed by atoms with Gasteiger partial charge in [0.05, 0.1) is 17.0 Å². The van der Waals surface area contributed by atoms with Gasteiger partial charge in [-0.15, -0.1) is 0 Å². The highest BCUT2D eigenvalue weighted by atomic mass is 19.1. The van der Waals surface area contributed by atoms with E-state index in [0.29, 0.717) is 22.4 Å². The normalized spacial score (nSPS) is 15.6. The lowest BCUT2D eigenvalue weighted by Crippen LogP contribution is -2.30. The molecule has 30 heavy (non-hydrogen) atoms. The van der Waals surface area contributed by atoms with Crippen LogP contribution in [0, 0.1) is 19.7 Å². The van der Waals surface area contributed by atoms with Crippen molar-refractivity contribution in [3.8, 4) is 0 Å². The average molecular weight is 400 g/mol. The van der Waals surface area contributed by atoms with Gasteiger partial charge in [0.15, 0.2) is 5.43 Å². The van der Waals surface area contributed by atoms with Gasteiger partial charge in [-0.05, 0) is 55.8 Å². The van der Waals surface area contributed by atoms with E-state index in [1.165, 1.54) is 17.0 Å². The number of amides is 1. The molecule has 1 atom stereocenters. The molecule has 0 N–H and O–H groups in total. The topological polar surface area (TPSA) is 63.4 Å². The van der Waals surface area contributed by atoms with Crippen LogP contribution < -0.4 is 10.3 Å². The molecule has 2 aromatic heterocycles. The number of hydrogen-bond donors (Lipinski definition) is 0. The van der Waals surface area contributed by atoms with E-state index in [2.05, 4.69) is 4.98 Å². The maximum absolute atomic E-state index is 13.6. The number of halogens is 1. The van der Waals surface area contributed by atoms with Crippen LogP contribution in [0.4, 0.5) is 10.2 Å². The molecule has 2 aromatic carbocycles. The summed E-state index contributed by atoms with van der Waals surface area (Å²) in [6.45, 7) is 3.71. The molecule has 0 radical (unpaired) electrons. The molecular weight excluding hydrogens is 383 g/mol. The molecule has 1 aliphatic rings. The Morgan fingerprint density at radius 2 is 1.77 bits per heavy atom. The minimum atomic E-state index is -0.761. The van der Waals surface area contributed by atoms with E-state index >= 15 is 0 Å². The van der Waals surface area contributed by atoms with Gasteiger partial charge in [-0.25, -0.2) is 9.37 Å². The van der Waals surface area contributed by atoms with Crippen molar-refractivity contribution in [1.82, 2.24) is 4.98 Å². The summed E-state index contributed by atoms with van der Waals surface area (Å²) in [6, 6.07) is 15.6. The molecule has 6 heteroatoms. The Morgan fingerprint density at radius 1 is 1.00 bits per heavy atom. The van der Waals surface area contributed by atoms with E-state index in [-0.39, 0.29) is 16.8 Å². The van der Waals surface area contributed by atoms with Crippen molar-refractivity contribution in [2.45, 2.75) is 19.9 Å². The Hall–Kier alpha value is -3.80. The number of aryl methyl sites for hydroxylation is 2. The number of hydrogen-bond acceptors (Lipinski definition) is 4. The number of carbonyl (C=O) groups is 1. The molecule has 0 fully saturated rings. The van der Waals surface area contributed by atoms with Crippen LogP contribution in [-0.4, -0.2) is 10.9 Å². The highest BCUT2D eigenvalue weighted by Gasteiger charge is 2.44. The molecule has 148 valence electrons. The fraction of sp³-hybridized carbons (Fsp3) is 0.125. The van der Waals surface area contributed by atoms with E-state index in [1.54, 1.807) is 36.4 Å². The lowest BCUT2D eigenvalue weighted by atomic mass is 9.98. The summed E-state index contributed by atoms with van der Waals surface area (Å²) in [5.74, 6) is -0.448. The van der Waals surface area contributed by atoms with Crippen LogP contribution >= 0.6 is 0 Å². The molecule has 1 amide bonds. The van der Waals surface area contributed by atoms with Gasteiger partial charge in [0, 0.05) is 5.69 Å². The van der Waals surface area contributed by atoms with Crippen LogP contribution in [0.1, 0.15) is 39.0 Å². The lowest BCUT2D eigenvalue weighted by molar-refractivity contribution is 0.0970. The molecule has 5 nitrogen and oxygen atoms in total. The van der Waals surface area contributed by atoms with Crippen LogP contribution in [-0.2, 0) is 0 Å². The van der Waals surface area contributed by atoms with Gasteiger partial charge in [-0.1, -0.05) is 29.8 Å². The zero-order valence-electron chi connectivity index (χ0n) is 16.3. The second kappa shape index (κ2) is 6.62. The first-order valence-corrected chi connectivity index (χ1v) is 9.54. The first-order valence-electron chi connectivity index (χ1n) is 9.54. The molecule has 4 aromatic rings. The van der Waals surface area contributed by atoms with E-state index in [0.717, 1.165) is 11.3 Å². The van der Waals surface area contributed by atoms with Crippen LogP contribution in [0.25, 0.3) is 11.0 Å². The molecule has 0 bridgehead atoms. The molecule has 1 unspecified atom stereocenters. The summed E-state index contributed by atoms with van der Waals surface area (Å²) >= 11 is 0. The summed E-state index contributed by atoms with van der Waals surface area (Å²) in [5.41, 5.74) is 2.57. The smallest absolute Gasteiger partial charge is 0.296 e. The van der Waals surface area contributed by atoms with E-state index in [9.17, 15) is 14.0 Å². The zero-order valence-corrected chi connectivity index (χ0v) is 16.3. The fourth-order valence-electron chi connectivity index (χ4n) is 3.95. The third-order valence-corrected chi connectivity index (χ3v) is 5.33. The van der Waals surface area contributed by atoms with Gasteiger partial charge in [0.2, 0.25) is 5.76 Å². The van der Waals surface area contributed by atoms with E-state index < -0.39 is 17.8 Å². The SMILES string of the molecule is Cc1ccc2oc3c(c(=O)c2c1)C(c1ccc(F)cc1)N(c1cccc(C)n1)C3=O. The van der Waals surface area contributed by atoms with Crippen molar-refractivity contribution in [2.24, 2.45) is 0 Å². The Balaban J connectivity index is 1.83. The Kier molecular flexibility index (Phi) is 4.03. The molecule has 0 aliphatic carbocycles. The molecule has 5 rings (SSSR count). The number of anilines is 1. The fourth-order valence-corrected chi connectivity index (χ4v) is 3.95. The quantitative estimate of drug-likeness (QED) is 0.490. The third-order valence-electron chi connectivity index (χ3n) is 5.33. The second-order valence-corrected chi connectivity index (χ2v) is 7.44. The second-order valence-electron chi connectivity index (χ2n) is 7.44. The van der Waals surface area contributed by atoms with Gasteiger partial charge < -0.3 is 4.42 Å². The van der Waals surface area contributed by atoms with Crippen molar-refractivity contribution in [1.29, 1.82) is 0 Å². The minimum Gasteiger partial charge on any atom is -0.450 e. The Labute approximate surface area is 171 Å². The van der Waals surface area contributed by atoms with Gasteiger partial charge in [0.1, 0.15) is 17.2 Å². The summed E-state index contributed by atoms with van der Waals surface area (Å²) < 4.78 is 19.5. The standard InChI is InChI=1S/C24H17FN2O3/c1-13-6-11-18-17(12-13)22(28)20-21(15-7-9-16(25)10-8-15)27(24(29)23(20)30-18)19-5-3-4-14(2)26-19/h3-12,21H,1-2H3. The van der Waals surface area contributed by atoms with E-state index in [1.807, 2.05) is 26.0 Å². The first-order chi connectivity index (χ1) is 14.4. The number of carbonyl (C=O) groups excluding carboxylic acids is 1. The number of aromatic nitrogens is 1. The predicted molar refractivity (Wildman–Crippen MR) is 111 cm³/mol.